The van der Waals surface area contributed by atoms with Gasteiger partial charge in [0.2, 0.25) is 0 Å². The van der Waals surface area contributed by atoms with Gasteiger partial charge in [0.1, 0.15) is 22.3 Å². The van der Waals surface area contributed by atoms with Crippen molar-refractivity contribution in [2.75, 3.05) is 0 Å². The maximum atomic E-state index is 6.89. The molecule has 0 spiro atoms. The van der Waals surface area contributed by atoms with Crippen molar-refractivity contribution in [3.05, 3.63) is 164 Å². The van der Waals surface area contributed by atoms with Gasteiger partial charge in [-0.25, -0.2) is 15.0 Å². The first kappa shape index (κ1) is 28.2. The molecule has 0 aliphatic heterocycles. The van der Waals surface area contributed by atoms with Crippen LogP contribution in [0.2, 0.25) is 0 Å². The van der Waals surface area contributed by atoms with E-state index in [-0.39, 0.29) is 0 Å². The van der Waals surface area contributed by atoms with E-state index in [0.29, 0.717) is 17.5 Å². The van der Waals surface area contributed by atoms with Gasteiger partial charge in [-0.1, -0.05) is 146 Å². The molecule has 0 aliphatic carbocycles. The van der Waals surface area contributed by atoms with Crippen LogP contribution in [0, 0.1) is 0 Å². The highest BCUT2D eigenvalue weighted by Gasteiger charge is 2.21. The molecule has 234 valence electrons. The van der Waals surface area contributed by atoms with E-state index in [1.165, 1.54) is 0 Å². The molecule has 10 aromatic rings. The van der Waals surface area contributed by atoms with Gasteiger partial charge < -0.3 is 8.83 Å². The Balaban J connectivity index is 1.17. The number of para-hydroxylation sites is 3. The van der Waals surface area contributed by atoms with Gasteiger partial charge in [-0.15, -0.1) is 0 Å². The molecule has 0 unspecified atom stereocenters. The van der Waals surface area contributed by atoms with Crippen molar-refractivity contribution in [1.82, 2.24) is 15.0 Å². The summed E-state index contributed by atoms with van der Waals surface area (Å²) in [4.78, 5) is 15.1. The number of fused-ring (bicyclic) bond motifs is 6. The summed E-state index contributed by atoms with van der Waals surface area (Å²) in [5.41, 5.74) is 10.2. The number of rotatable bonds is 5. The van der Waals surface area contributed by atoms with E-state index in [0.717, 1.165) is 82.8 Å². The van der Waals surface area contributed by atoms with Gasteiger partial charge in [-0.2, -0.15) is 0 Å². The molecule has 0 N–H and O–H groups in total. The van der Waals surface area contributed by atoms with Gasteiger partial charge >= 0.3 is 0 Å². The summed E-state index contributed by atoms with van der Waals surface area (Å²) in [6, 6.07) is 55.6. The fourth-order valence-corrected chi connectivity index (χ4v) is 6.99. The lowest BCUT2D eigenvalue weighted by atomic mass is 9.97. The van der Waals surface area contributed by atoms with Crippen LogP contribution in [0.15, 0.2) is 173 Å². The van der Waals surface area contributed by atoms with Crippen LogP contribution in [-0.4, -0.2) is 15.0 Å². The average molecular weight is 642 g/mol. The summed E-state index contributed by atoms with van der Waals surface area (Å²) in [5, 5.41) is 4.18. The molecule has 0 atom stereocenters. The summed E-state index contributed by atoms with van der Waals surface area (Å²) in [6.07, 6.45) is 0. The van der Waals surface area contributed by atoms with Crippen LogP contribution < -0.4 is 0 Å². The molecule has 0 aliphatic rings. The zero-order chi connectivity index (χ0) is 33.0. The van der Waals surface area contributed by atoms with Crippen LogP contribution in [0.25, 0.3) is 100 Å². The highest BCUT2D eigenvalue weighted by atomic mass is 16.3. The second kappa shape index (κ2) is 11.4. The SMILES string of the molecule is c1ccc(-c2ccc(-c3nc(-c4ccccc4)nc(-c4cccc5c4oc4c(-c6cccc7oc8ccccc8c67)cccc45)n3)cc2)cc1. The molecule has 5 nitrogen and oxygen atoms in total. The van der Waals surface area contributed by atoms with Crippen molar-refractivity contribution in [2.24, 2.45) is 0 Å². The number of aromatic nitrogens is 3. The molecule has 0 amide bonds. The third kappa shape index (κ3) is 4.60. The number of hydrogen-bond acceptors (Lipinski definition) is 5. The van der Waals surface area contributed by atoms with Gasteiger partial charge in [0, 0.05) is 38.2 Å². The zero-order valence-electron chi connectivity index (χ0n) is 26.7. The second-order valence-electron chi connectivity index (χ2n) is 12.4. The van der Waals surface area contributed by atoms with Gasteiger partial charge in [-0.3, -0.25) is 0 Å². The molecule has 3 aromatic heterocycles. The first-order chi connectivity index (χ1) is 24.8. The highest BCUT2D eigenvalue weighted by Crippen LogP contribution is 2.43. The Hall–Kier alpha value is -6.85. The van der Waals surface area contributed by atoms with Gasteiger partial charge in [-0.05, 0) is 34.9 Å². The van der Waals surface area contributed by atoms with Crippen LogP contribution >= 0.6 is 0 Å². The Morgan fingerprint density at radius 1 is 0.300 bits per heavy atom. The van der Waals surface area contributed by atoms with E-state index >= 15 is 0 Å². The molecule has 7 aromatic carbocycles. The molecular formula is C45H27N3O2. The minimum Gasteiger partial charge on any atom is -0.456 e. The number of hydrogen-bond donors (Lipinski definition) is 0. The number of furan rings is 2. The first-order valence-electron chi connectivity index (χ1n) is 16.6. The summed E-state index contributed by atoms with van der Waals surface area (Å²) in [5.74, 6) is 1.75. The predicted octanol–water partition coefficient (Wildman–Crippen LogP) is 12.0. The molecule has 5 heteroatoms. The van der Waals surface area contributed by atoms with Crippen molar-refractivity contribution < 1.29 is 8.83 Å². The summed E-state index contributed by atoms with van der Waals surface area (Å²) >= 11 is 0. The molecule has 0 saturated heterocycles. The van der Waals surface area contributed by atoms with E-state index in [1.807, 2.05) is 78.9 Å². The van der Waals surface area contributed by atoms with Crippen molar-refractivity contribution in [3.8, 4) is 56.4 Å². The molecule has 0 fully saturated rings. The van der Waals surface area contributed by atoms with Crippen molar-refractivity contribution in [1.29, 1.82) is 0 Å². The van der Waals surface area contributed by atoms with Crippen LogP contribution in [0.5, 0.6) is 0 Å². The first-order valence-corrected chi connectivity index (χ1v) is 16.6. The quantitative estimate of drug-likeness (QED) is 0.187. The van der Waals surface area contributed by atoms with E-state index in [1.54, 1.807) is 0 Å². The lowest BCUT2D eigenvalue weighted by molar-refractivity contribution is 0.669. The third-order valence-corrected chi connectivity index (χ3v) is 9.38. The average Bonchev–Trinajstić information content (AvgIpc) is 3.77. The Kier molecular flexibility index (Phi) is 6.42. The minimum absolute atomic E-state index is 0.551. The molecule has 0 bridgehead atoms. The molecule has 0 saturated carbocycles. The normalized spacial score (nSPS) is 11.6. The van der Waals surface area contributed by atoms with Crippen molar-refractivity contribution in [3.63, 3.8) is 0 Å². The van der Waals surface area contributed by atoms with Crippen LogP contribution in [0.3, 0.4) is 0 Å². The summed E-state index contributed by atoms with van der Waals surface area (Å²) in [7, 11) is 0. The topological polar surface area (TPSA) is 65.0 Å². The highest BCUT2D eigenvalue weighted by molar-refractivity contribution is 6.18. The molecule has 10 rings (SSSR count). The van der Waals surface area contributed by atoms with Crippen molar-refractivity contribution >= 4 is 43.9 Å². The van der Waals surface area contributed by atoms with Crippen LogP contribution in [0.4, 0.5) is 0 Å². The smallest absolute Gasteiger partial charge is 0.167 e. The van der Waals surface area contributed by atoms with Crippen LogP contribution in [-0.2, 0) is 0 Å². The largest absolute Gasteiger partial charge is 0.456 e. The zero-order valence-corrected chi connectivity index (χ0v) is 26.7. The fraction of sp³-hybridized carbons (Fsp3) is 0. The monoisotopic (exact) mass is 641 g/mol. The van der Waals surface area contributed by atoms with Crippen molar-refractivity contribution in [2.45, 2.75) is 0 Å². The Labute approximate surface area is 287 Å². The molecular weight excluding hydrogens is 615 g/mol. The lowest BCUT2D eigenvalue weighted by Crippen LogP contribution is -2.00. The maximum absolute atomic E-state index is 6.89. The number of benzene rings is 7. The lowest BCUT2D eigenvalue weighted by Gasteiger charge is -2.09. The Morgan fingerprint density at radius 2 is 0.780 bits per heavy atom. The van der Waals surface area contributed by atoms with Gasteiger partial charge in [0.05, 0.1) is 5.56 Å². The third-order valence-electron chi connectivity index (χ3n) is 9.38. The van der Waals surface area contributed by atoms with E-state index in [9.17, 15) is 0 Å². The molecule has 0 radical (unpaired) electrons. The van der Waals surface area contributed by atoms with E-state index < -0.39 is 0 Å². The Bertz CT molecular complexity index is 2850. The van der Waals surface area contributed by atoms with Gasteiger partial charge in [0.15, 0.2) is 17.5 Å². The Morgan fingerprint density at radius 3 is 1.52 bits per heavy atom. The van der Waals surface area contributed by atoms with E-state index in [2.05, 4.69) is 84.9 Å². The second-order valence-corrected chi connectivity index (χ2v) is 12.4. The standard InChI is InChI=1S/C45H27N3O2/c1-3-12-28(13-4-1)29-24-26-31(27-25-29)44-46-43(30-14-5-2-6-15-30)47-45(48-44)37-21-10-20-35-34-19-9-18-33(41(34)50-42(35)37)32-17-11-23-39-40(32)36-16-7-8-22-38(36)49-39/h1-27H. The predicted molar refractivity (Wildman–Crippen MR) is 202 cm³/mol. The van der Waals surface area contributed by atoms with Gasteiger partial charge in [0.25, 0.3) is 0 Å². The molecule has 50 heavy (non-hydrogen) atoms. The van der Waals surface area contributed by atoms with E-state index in [4.69, 9.17) is 23.8 Å². The fourth-order valence-electron chi connectivity index (χ4n) is 6.99. The maximum Gasteiger partial charge on any atom is 0.167 e. The minimum atomic E-state index is 0.551. The molecule has 3 heterocycles. The van der Waals surface area contributed by atoms with Crippen LogP contribution in [0.1, 0.15) is 0 Å². The summed E-state index contributed by atoms with van der Waals surface area (Å²) in [6.45, 7) is 0. The summed E-state index contributed by atoms with van der Waals surface area (Å²) < 4.78 is 13.1. The number of nitrogens with zero attached hydrogens (tertiary/aromatic N) is 3.